The van der Waals surface area contributed by atoms with Crippen LogP contribution >= 0.6 is 0 Å². The van der Waals surface area contributed by atoms with E-state index in [1.165, 1.54) is 4.31 Å². The number of nitrogens with zero attached hydrogens (tertiary/aromatic N) is 1. The Balaban J connectivity index is 1.93. The topological polar surface area (TPSA) is 75.7 Å². The van der Waals surface area contributed by atoms with Crippen LogP contribution in [0.25, 0.3) is 0 Å². The van der Waals surface area contributed by atoms with E-state index in [4.69, 9.17) is 4.74 Å². The lowest BCUT2D eigenvalue weighted by molar-refractivity contribution is -0.120. The zero-order valence-electron chi connectivity index (χ0n) is 15.2. The van der Waals surface area contributed by atoms with E-state index in [-0.39, 0.29) is 25.4 Å². The highest BCUT2D eigenvalue weighted by Crippen LogP contribution is 2.18. The summed E-state index contributed by atoms with van der Waals surface area (Å²) in [6.45, 7) is 2.31. The first-order valence-corrected chi connectivity index (χ1v) is 10.1. The van der Waals surface area contributed by atoms with Crippen molar-refractivity contribution in [2.24, 2.45) is 0 Å². The van der Waals surface area contributed by atoms with Crippen LogP contribution in [-0.2, 0) is 21.2 Å². The predicted molar refractivity (Wildman–Crippen MR) is 103 cm³/mol. The maximum Gasteiger partial charge on any atom is 0.232 e. The number of anilines is 1. The number of sulfonamides is 1. The first-order chi connectivity index (χ1) is 12.3. The zero-order chi connectivity index (χ0) is 19.2. The SMILES string of the molecule is COc1ccc(CC(=O)NCCN(c2cccc(C)c2)S(C)(=O)=O)cc1. The summed E-state index contributed by atoms with van der Waals surface area (Å²) >= 11 is 0. The molecular weight excluding hydrogens is 352 g/mol. The van der Waals surface area contributed by atoms with E-state index in [0.717, 1.165) is 23.1 Å². The molecule has 1 amide bonds. The van der Waals surface area contributed by atoms with Crippen molar-refractivity contribution in [3.05, 3.63) is 59.7 Å². The summed E-state index contributed by atoms with van der Waals surface area (Å²) in [6, 6.07) is 14.5. The molecule has 0 fully saturated rings. The fourth-order valence-corrected chi connectivity index (χ4v) is 3.48. The third-order valence-corrected chi connectivity index (χ3v) is 5.04. The van der Waals surface area contributed by atoms with Crippen LogP contribution in [0.15, 0.2) is 48.5 Å². The van der Waals surface area contributed by atoms with Gasteiger partial charge < -0.3 is 10.1 Å². The van der Waals surface area contributed by atoms with Gasteiger partial charge in [-0.25, -0.2) is 8.42 Å². The molecule has 2 rings (SSSR count). The number of carbonyl (C=O) groups excluding carboxylic acids is 1. The van der Waals surface area contributed by atoms with E-state index in [0.29, 0.717) is 5.69 Å². The minimum absolute atomic E-state index is 0.159. The van der Waals surface area contributed by atoms with Gasteiger partial charge in [-0.05, 0) is 42.3 Å². The van der Waals surface area contributed by atoms with Crippen LogP contribution in [0.1, 0.15) is 11.1 Å². The van der Waals surface area contributed by atoms with Gasteiger partial charge in [-0.15, -0.1) is 0 Å². The Labute approximate surface area is 154 Å². The zero-order valence-corrected chi connectivity index (χ0v) is 16.0. The quantitative estimate of drug-likeness (QED) is 0.766. The molecule has 0 heterocycles. The average Bonchev–Trinajstić information content (AvgIpc) is 2.58. The normalized spacial score (nSPS) is 11.0. The summed E-state index contributed by atoms with van der Waals surface area (Å²) < 4.78 is 30.5. The number of benzene rings is 2. The monoisotopic (exact) mass is 376 g/mol. The van der Waals surface area contributed by atoms with Gasteiger partial charge in [-0.2, -0.15) is 0 Å². The van der Waals surface area contributed by atoms with Gasteiger partial charge in [0.1, 0.15) is 5.75 Å². The molecule has 0 aliphatic heterocycles. The van der Waals surface area contributed by atoms with Crippen molar-refractivity contribution in [1.82, 2.24) is 5.32 Å². The molecule has 6 nitrogen and oxygen atoms in total. The maximum absolute atomic E-state index is 12.1. The van der Waals surface area contributed by atoms with Crippen molar-refractivity contribution >= 4 is 21.6 Å². The van der Waals surface area contributed by atoms with Crippen molar-refractivity contribution in [1.29, 1.82) is 0 Å². The second-order valence-electron chi connectivity index (χ2n) is 6.05. The Hall–Kier alpha value is -2.54. The van der Waals surface area contributed by atoms with Crippen LogP contribution in [0.3, 0.4) is 0 Å². The molecule has 140 valence electrons. The third-order valence-electron chi connectivity index (χ3n) is 3.85. The first kappa shape index (κ1) is 19.8. The minimum atomic E-state index is -3.43. The number of rotatable bonds is 8. The summed E-state index contributed by atoms with van der Waals surface area (Å²) in [5.41, 5.74) is 2.43. The molecule has 7 heteroatoms. The number of hydrogen-bond acceptors (Lipinski definition) is 4. The molecule has 0 aliphatic rings. The lowest BCUT2D eigenvalue weighted by Crippen LogP contribution is -2.38. The lowest BCUT2D eigenvalue weighted by Gasteiger charge is -2.23. The third kappa shape index (κ3) is 5.77. The highest BCUT2D eigenvalue weighted by atomic mass is 32.2. The first-order valence-electron chi connectivity index (χ1n) is 8.23. The van der Waals surface area contributed by atoms with Gasteiger partial charge in [0.05, 0.1) is 32.0 Å². The van der Waals surface area contributed by atoms with Gasteiger partial charge in [0.25, 0.3) is 0 Å². The van der Waals surface area contributed by atoms with Gasteiger partial charge >= 0.3 is 0 Å². The molecule has 2 aromatic rings. The molecule has 0 radical (unpaired) electrons. The summed E-state index contributed by atoms with van der Waals surface area (Å²) in [7, 11) is -1.84. The van der Waals surface area contributed by atoms with Crippen LogP contribution < -0.4 is 14.4 Å². The number of aryl methyl sites for hydroxylation is 1. The number of ether oxygens (including phenoxy) is 1. The minimum Gasteiger partial charge on any atom is -0.497 e. The fourth-order valence-electron chi connectivity index (χ4n) is 2.56. The molecular formula is C19H24N2O4S. The van der Waals surface area contributed by atoms with Gasteiger partial charge in [0.15, 0.2) is 0 Å². The van der Waals surface area contributed by atoms with E-state index in [2.05, 4.69) is 5.32 Å². The molecule has 0 saturated heterocycles. The van der Waals surface area contributed by atoms with Crippen LogP contribution in [0, 0.1) is 6.92 Å². The number of nitrogens with one attached hydrogen (secondary N) is 1. The molecule has 26 heavy (non-hydrogen) atoms. The van der Waals surface area contributed by atoms with Crippen LogP contribution in [0.2, 0.25) is 0 Å². The average molecular weight is 376 g/mol. The van der Waals surface area contributed by atoms with Crippen molar-refractivity contribution < 1.29 is 17.9 Å². The van der Waals surface area contributed by atoms with Crippen LogP contribution in [0.5, 0.6) is 5.75 Å². The molecule has 2 aromatic carbocycles. The van der Waals surface area contributed by atoms with Gasteiger partial charge in [-0.1, -0.05) is 24.3 Å². The second-order valence-corrected chi connectivity index (χ2v) is 7.96. The smallest absolute Gasteiger partial charge is 0.232 e. The van der Waals surface area contributed by atoms with Gasteiger partial charge in [-0.3, -0.25) is 9.10 Å². The lowest BCUT2D eigenvalue weighted by atomic mass is 10.1. The number of amides is 1. The molecule has 0 bridgehead atoms. The van der Waals surface area contributed by atoms with E-state index in [1.54, 1.807) is 31.4 Å². The van der Waals surface area contributed by atoms with E-state index >= 15 is 0 Å². The molecule has 0 aromatic heterocycles. The van der Waals surface area contributed by atoms with Crippen molar-refractivity contribution in [3.63, 3.8) is 0 Å². The second kappa shape index (κ2) is 8.71. The molecule has 0 atom stereocenters. The van der Waals surface area contributed by atoms with Gasteiger partial charge in [0, 0.05) is 6.54 Å². The summed E-state index contributed by atoms with van der Waals surface area (Å²) in [5.74, 6) is 0.573. The van der Waals surface area contributed by atoms with E-state index in [1.807, 2.05) is 31.2 Å². The highest BCUT2D eigenvalue weighted by molar-refractivity contribution is 7.92. The Morgan fingerprint density at radius 3 is 2.42 bits per heavy atom. The largest absolute Gasteiger partial charge is 0.497 e. The number of carbonyl (C=O) groups is 1. The van der Waals surface area contributed by atoms with Crippen LogP contribution in [0.4, 0.5) is 5.69 Å². The Kier molecular flexibility index (Phi) is 6.63. The fraction of sp³-hybridized carbons (Fsp3) is 0.316. The van der Waals surface area contributed by atoms with E-state index < -0.39 is 10.0 Å². The molecule has 0 spiro atoms. The summed E-state index contributed by atoms with van der Waals surface area (Å²) in [4.78, 5) is 12.1. The van der Waals surface area contributed by atoms with Crippen molar-refractivity contribution in [2.45, 2.75) is 13.3 Å². The van der Waals surface area contributed by atoms with E-state index in [9.17, 15) is 13.2 Å². The standard InChI is InChI=1S/C19H24N2O4S/c1-15-5-4-6-17(13-15)21(26(3,23)24)12-11-20-19(22)14-16-7-9-18(25-2)10-8-16/h4-10,13H,11-12,14H2,1-3H3,(H,20,22). The van der Waals surface area contributed by atoms with Crippen molar-refractivity contribution in [3.8, 4) is 5.75 Å². The molecule has 0 unspecified atom stereocenters. The van der Waals surface area contributed by atoms with Crippen molar-refractivity contribution in [2.75, 3.05) is 30.8 Å². The Morgan fingerprint density at radius 2 is 1.85 bits per heavy atom. The molecule has 0 saturated carbocycles. The molecule has 0 aliphatic carbocycles. The van der Waals surface area contributed by atoms with Gasteiger partial charge in [0.2, 0.25) is 15.9 Å². The highest BCUT2D eigenvalue weighted by Gasteiger charge is 2.17. The maximum atomic E-state index is 12.1. The Morgan fingerprint density at radius 1 is 1.15 bits per heavy atom. The number of methoxy groups -OCH3 is 1. The Bertz CT molecular complexity index is 848. The summed E-state index contributed by atoms with van der Waals surface area (Å²) in [6.07, 6.45) is 1.39. The summed E-state index contributed by atoms with van der Waals surface area (Å²) in [5, 5.41) is 2.77. The molecule has 1 N–H and O–H groups in total. The predicted octanol–water partition coefficient (Wildman–Crippen LogP) is 2.13. The van der Waals surface area contributed by atoms with Crippen LogP contribution in [-0.4, -0.2) is 40.8 Å². The number of hydrogen-bond donors (Lipinski definition) is 1.